The van der Waals surface area contributed by atoms with Crippen LogP contribution in [0.5, 0.6) is 0 Å². The second-order valence-electron chi connectivity index (χ2n) is 6.18. The Labute approximate surface area is 152 Å². The number of carbonyl (C=O) groups excluding carboxylic acids is 2. The quantitative estimate of drug-likeness (QED) is 0.768. The number of aromatic nitrogens is 1. The summed E-state index contributed by atoms with van der Waals surface area (Å²) < 4.78 is 12.2. The van der Waals surface area contributed by atoms with Crippen LogP contribution in [0.1, 0.15) is 42.8 Å². The van der Waals surface area contributed by atoms with E-state index >= 15 is 0 Å². The van der Waals surface area contributed by atoms with Crippen LogP contribution in [0.3, 0.4) is 0 Å². The molecule has 0 aliphatic carbocycles. The third-order valence-electron chi connectivity index (χ3n) is 4.45. The molecule has 138 valence electrons. The highest BCUT2D eigenvalue weighted by molar-refractivity contribution is 5.93. The van der Waals surface area contributed by atoms with Gasteiger partial charge in [-0.2, -0.15) is 5.26 Å². The minimum atomic E-state index is -0.489. The fraction of sp³-hybridized carbons (Fsp3) is 0.421. The number of anilines is 1. The van der Waals surface area contributed by atoms with Crippen molar-refractivity contribution in [3.8, 4) is 6.07 Å². The lowest BCUT2D eigenvalue weighted by Crippen LogP contribution is -2.25. The molecule has 0 saturated heterocycles. The molecule has 0 aromatic carbocycles. The maximum absolute atomic E-state index is 12.2. The monoisotopic (exact) mass is 357 g/mol. The van der Waals surface area contributed by atoms with Gasteiger partial charge in [0.1, 0.15) is 17.6 Å². The molecule has 0 aliphatic heterocycles. The predicted octanol–water partition coefficient (Wildman–Crippen LogP) is 3.15. The lowest BCUT2D eigenvalue weighted by atomic mass is 10.1. The van der Waals surface area contributed by atoms with Crippen LogP contribution in [-0.2, 0) is 20.9 Å². The smallest absolute Gasteiger partial charge is 0.309 e. The van der Waals surface area contributed by atoms with Gasteiger partial charge in [-0.15, -0.1) is 0 Å². The summed E-state index contributed by atoms with van der Waals surface area (Å²) in [6.45, 7) is 7.30. The van der Waals surface area contributed by atoms with Crippen LogP contribution >= 0.6 is 0 Å². The summed E-state index contributed by atoms with van der Waals surface area (Å²) >= 11 is 0. The predicted molar refractivity (Wildman–Crippen MR) is 95.5 cm³/mol. The van der Waals surface area contributed by atoms with Crippen molar-refractivity contribution in [1.29, 1.82) is 5.26 Å². The molecule has 0 bridgehead atoms. The molecule has 2 rings (SSSR count). The fourth-order valence-corrected chi connectivity index (χ4v) is 2.50. The van der Waals surface area contributed by atoms with Gasteiger partial charge in [-0.05, 0) is 38.0 Å². The number of nitriles is 1. The standard InChI is InChI=1S/C19H23N3O4/c1-5-12(2)19(24)26-11-17(23)21-18-16(9-20)13(3)14(4)22(18)10-15-7-6-8-25-15/h6-8,12H,5,10-11H2,1-4H3,(H,21,23). The number of furan rings is 1. The Bertz CT molecular complexity index is 828. The van der Waals surface area contributed by atoms with Gasteiger partial charge in [0.05, 0.1) is 24.3 Å². The van der Waals surface area contributed by atoms with Gasteiger partial charge in [-0.1, -0.05) is 13.8 Å². The number of hydrogen-bond acceptors (Lipinski definition) is 5. The first-order chi connectivity index (χ1) is 12.4. The van der Waals surface area contributed by atoms with Crippen LogP contribution in [0.2, 0.25) is 0 Å². The molecule has 7 heteroatoms. The van der Waals surface area contributed by atoms with E-state index < -0.39 is 18.5 Å². The van der Waals surface area contributed by atoms with Crippen molar-refractivity contribution in [2.75, 3.05) is 11.9 Å². The highest BCUT2D eigenvalue weighted by Crippen LogP contribution is 2.27. The first-order valence-corrected chi connectivity index (χ1v) is 8.47. The van der Waals surface area contributed by atoms with Crippen molar-refractivity contribution in [3.05, 3.63) is 41.0 Å². The summed E-state index contributed by atoms with van der Waals surface area (Å²) in [5, 5.41) is 12.2. The summed E-state index contributed by atoms with van der Waals surface area (Å²) in [4.78, 5) is 24.0. The van der Waals surface area contributed by atoms with Gasteiger partial charge in [0.2, 0.25) is 0 Å². The van der Waals surface area contributed by atoms with E-state index in [0.29, 0.717) is 30.1 Å². The van der Waals surface area contributed by atoms with E-state index in [1.54, 1.807) is 23.8 Å². The van der Waals surface area contributed by atoms with Gasteiger partial charge >= 0.3 is 5.97 Å². The van der Waals surface area contributed by atoms with Gasteiger partial charge in [0.15, 0.2) is 6.61 Å². The normalized spacial score (nSPS) is 11.7. The van der Waals surface area contributed by atoms with Gasteiger partial charge in [0.25, 0.3) is 5.91 Å². The maximum atomic E-state index is 12.2. The molecule has 2 aromatic heterocycles. The molecule has 1 unspecified atom stereocenters. The molecule has 1 atom stereocenters. The summed E-state index contributed by atoms with van der Waals surface area (Å²) in [7, 11) is 0. The molecule has 26 heavy (non-hydrogen) atoms. The van der Waals surface area contributed by atoms with Crippen LogP contribution in [0.4, 0.5) is 5.82 Å². The van der Waals surface area contributed by atoms with E-state index in [4.69, 9.17) is 9.15 Å². The molecule has 0 saturated carbocycles. The van der Waals surface area contributed by atoms with Crippen molar-refractivity contribution in [1.82, 2.24) is 4.57 Å². The van der Waals surface area contributed by atoms with Gasteiger partial charge in [0, 0.05) is 5.69 Å². The molecule has 7 nitrogen and oxygen atoms in total. The average molecular weight is 357 g/mol. The van der Waals surface area contributed by atoms with Gasteiger partial charge < -0.3 is 19.0 Å². The molecule has 1 N–H and O–H groups in total. The Morgan fingerprint density at radius 2 is 2.15 bits per heavy atom. The number of carbonyl (C=O) groups is 2. The lowest BCUT2D eigenvalue weighted by molar-refractivity contribution is -0.151. The maximum Gasteiger partial charge on any atom is 0.309 e. The minimum absolute atomic E-state index is 0.259. The average Bonchev–Trinajstić information content (AvgIpc) is 3.22. The molecular formula is C19H23N3O4. The van der Waals surface area contributed by atoms with Crippen LogP contribution in [0.25, 0.3) is 0 Å². The number of nitrogens with zero attached hydrogens (tertiary/aromatic N) is 2. The molecule has 0 radical (unpaired) electrons. The third-order valence-corrected chi connectivity index (χ3v) is 4.45. The number of hydrogen-bond donors (Lipinski definition) is 1. The Balaban J connectivity index is 2.19. The van der Waals surface area contributed by atoms with Crippen molar-refractivity contribution >= 4 is 17.7 Å². The zero-order valence-electron chi connectivity index (χ0n) is 15.5. The molecule has 0 aliphatic rings. The number of esters is 1. The summed E-state index contributed by atoms with van der Waals surface area (Å²) in [5.74, 6) is -0.0858. The molecule has 2 heterocycles. The fourth-order valence-electron chi connectivity index (χ4n) is 2.50. The first kappa shape index (κ1) is 19.3. The molecule has 2 aromatic rings. The van der Waals surface area contributed by atoms with Crippen molar-refractivity contribution in [3.63, 3.8) is 0 Å². The van der Waals surface area contributed by atoms with Crippen LogP contribution in [0.15, 0.2) is 22.8 Å². The SMILES string of the molecule is CCC(C)C(=O)OCC(=O)Nc1c(C#N)c(C)c(C)n1Cc1ccco1. The Morgan fingerprint density at radius 3 is 2.73 bits per heavy atom. The molecule has 1 amide bonds. The molecule has 0 fully saturated rings. The Morgan fingerprint density at radius 1 is 1.42 bits per heavy atom. The largest absolute Gasteiger partial charge is 0.467 e. The molecule has 0 spiro atoms. The molecular weight excluding hydrogens is 334 g/mol. The Kier molecular flexibility index (Phi) is 6.23. The van der Waals surface area contributed by atoms with E-state index in [9.17, 15) is 14.9 Å². The second-order valence-corrected chi connectivity index (χ2v) is 6.18. The number of nitrogens with one attached hydrogen (secondary N) is 1. The highest BCUT2D eigenvalue weighted by atomic mass is 16.5. The van der Waals surface area contributed by atoms with Gasteiger partial charge in [-0.25, -0.2) is 0 Å². The lowest BCUT2D eigenvalue weighted by Gasteiger charge is -2.13. The van der Waals surface area contributed by atoms with Crippen LogP contribution < -0.4 is 5.32 Å². The summed E-state index contributed by atoms with van der Waals surface area (Å²) in [6.07, 6.45) is 2.21. The van der Waals surface area contributed by atoms with E-state index in [1.165, 1.54) is 0 Å². The van der Waals surface area contributed by atoms with Crippen LogP contribution in [-0.4, -0.2) is 23.1 Å². The van der Waals surface area contributed by atoms with Gasteiger partial charge in [-0.3, -0.25) is 9.59 Å². The van der Waals surface area contributed by atoms with E-state index in [1.807, 2.05) is 26.8 Å². The van der Waals surface area contributed by atoms with E-state index in [2.05, 4.69) is 11.4 Å². The number of rotatable bonds is 7. The van der Waals surface area contributed by atoms with Crippen molar-refractivity contribution in [2.45, 2.75) is 40.7 Å². The second kappa shape index (κ2) is 8.39. The van der Waals surface area contributed by atoms with E-state index in [0.717, 1.165) is 11.3 Å². The summed E-state index contributed by atoms with van der Waals surface area (Å²) in [6, 6.07) is 5.72. The topological polar surface area (TPSA) is 97.3 Å². The van der Waals surface area contributed by atoms with Crippen LogP contribution in [0, 0.1) is 31.1 Å². The zero-order chi connectivity index (χ0) is 19.3. The van der Waals surface area contributed by atoms with Crippen molar-refractivity contribution < 1.29 is 18.7 Å². The Hall–Kier alpha value is -3.01. The minimum Gasteiger partial charge on any atom is -0.467 e. The highest BCUT2D eigenvalue weighted by Gasteiger charge is 2.21. The van der Waals surface area contributed by atoms with Crippen molar-refractivity contribution in [2.24, 2.45) is 5.92 Å². The first-order valence-electron chi connectivity index (χ1n) is 8.47. The van der Waals surface area contributed by atoms with E-state index in [-0.39, 0.29) is 5.92 Å². The number of ether oxygens (including phenoxy) is 1. The summed E-state index contributed by atoms with van der Waals surface area (Å²) in [5.41, 5.74) is 2.02. The number of amides is 1. The zero-order valence-corrected chi connectivity index (χ0v) is 15.5. The third kappa shape index (κ3) is 4.14.